The highest BCUT2D eigenvalue weighted by molar-refractivity contribution is 7.13. The number of ether oxygens (including phenoxy) is 1. The first-order valence-corrected chi connectivity index (χ1v) is 12.9. The van der Waals surface area contributed by atoms with Gasteiger partial charge in [0, 0.05) is 34.6 Å². The maximum atomic E-state index is 13.2. The maximum Gasteiger partial charge on any atom is 0.329 e. The van der Waals surface area contributed by atoms with Crippen molar-refractivity contribution in [1.82, 2.24) is 15.3 Å². The molecule has 3 aromatic carbocycles. The summed E-state index contributed by atoms with van der Waals surface area (Å²) in [5, 5.41) is 9.84. The zero-order valence-electron chi connectivity index (χ0n) is 19.6. The van der Waals surface area contributed by atoms with E-state index in [0.29, 0.717) is 15.8 Å². The second kappa shape index (κ2) is 11.3. The number of fused-ring (bicyclic) bond motifs is 1. The molecule has 186 valence electrons. The van der Waals surface area contributed by atoms with Gasteiger partial charge in [-0.25, -0.2) is 9.78 Å². The molecule has 0 bridgehead atoms. The number of esters is 1. The van der Waals surface area contributed by atoms with Gasteiger partial charge in [-0.15, -0.1) is 11.3 Å². The number of hydrogen-bond acceptors (Lipinski definition) is 6. The van der Waals surface area contributed by atoms with E-state index in [1.165, 1.54) is 11.3 Å². The monoisotopic (exact) mass is 530 g/mol. The van der Waals surface area contributed by atoms with Gasteiger partial charge in [-0.1, -0.05) is 60.1 Å². The number of aromatic nitrogens is 2. The van der Waals surface area contributed by atoms with E-state index in [0.717, 1.165) is 22.2 Å². The summed E-state index contributed by atoms with van der Waals surface area (Å²) in [7, 11) is 0. The smallest absolute Gasteiger partial charge is 0.329 e. The molecule has 0 fully saturated rings. The molecule has 0 aliphatic rings. The third kappa shape index (κ3) is 5.99. The van der Waals surface area contributed by atoms with Gasteiger partial charge in [0.15, 0.2) is 5.13 Å². The number of nitrogens with zero attached hydrogens (tertiary/aromatic N) is 1. The predicted molar refractivity (Wildman–Crippen MR) is 146 cm³/mol. The molecule has 0 spiro atoms. The van der Waals surface area contributed by atoms with E-state index < -0.39 is 17.9 Å². The van der Waals surface area contributed by atoms with Gasteiger partial charge < -0.3 is 20.4 Å². The molecule has 1 amide bonds. The van der Waals surface area contributed by atoms with E-state index in [1.54, 1.807) is 24.3 Å². The minimum atomic E-state index is -0.927. The molecule has 37 heavy (non-hydrogen) atoms. The number of carbonyl (C=O) groups excluding carboxylic acids is 2. The van der Waals surface area contributed by atoms with E-state index in [2.05, 4.69) is 20.6 Å². The van der Waals surface area contributed by atoms with Crippen LogP contribution in [0.5, 0.6) is 0 Å². The van der Waals surface area contributed by atoms with Crippen LogP contribution in [0.2, 0.25) is 5.02 Å². The largest absolute Gasteiger partial charge is 0.458 e. The van der Waals surface area contributed by atoms with Crippen LogP contribution in [0.25, 0.3) is 10.9 Å². The van der Waals surface area contributed by atoms with Crippen LogP contribution in [0.15, 0.2) is 90.4 Å². The van der Waals surface area contributed by atoms with Crippen LogP contribution in [0.3, 0.4) is 0 Å². The SMILES string of the molecule is O=C(NC(Cc1c[nH]c2ccccc12)C(=O)OCc1csc(Nc2ccccc2)n1)c1ccccc1Cl. The van der Waals surface area contributed by atoms with Crippen molar-refractivity contribution in [2.75, 3.05) is 5.32 Å². The Morgan fingerprint density at radius 1 is 1.00 bits per heavy atom. The van der Waals surface area contributed by atoms with E-state index >= 15 is 0 Å². The van der Waals surface area contributed by atoms with Gasteiger partial charge in [-0.05, 0) is 35.9 Å². The summed E-state index contributed by atoms with van der Waals surface area (Å²) in [6.07, 6.45) is 2.09. The van der Waals surface area contributed by atoms with Crippen molar-refractivity contribution in [1.29, 1.82) is 0 Å². The van der Waals surface area contributed by atoms with Crippen molar-refractivity contribution >= 4 is 56.5 Å². The molecule has 0 radical (unpaired) electrons. The van der Waals surface area contributed by atoms with Crippen LogP contribution in [0.4, 0.5) is 10.8 Å². The lowest BCUT2D eigenvalue weighted by molar-refractivity contribution is -0.147. The first-order valence-electron chi connectivity index (χ1n) is 11.6. The van der Waals surface area contributed by atoms with Crippen molar-refractivity contribution in [3.8, 4) is 0 Å². The highest BCUT2D eigenvalue weighted by atomic mass is 35.5. The van der Waals surface area contributed by atoms with Gasteiger partial charge in [-0.3, -0.25) is 4.79 Å². The van der Waals surface area contributed by atoms with Gasteiger partial charge in [-0.2, -0.15) is 0 Å². The van der Waals surface area contributed by atoms with Gasteiger partial charge >= 0.3 is 5.97 Å². The van der Waals surface area contributed by atoms with Crippen LogP contribution >= 0.6 is 22.9 Å². The fraction of sp³-hybridized carbons (Fsp3) is 0.107. The lowest BCUT2D eigenvalue weighted by Crippen LogP contribution is -2.43. The second-order valence-corrected chi connectivity index (χ2v) is 9.58. The Kier molecular flexibility index (Phi) is 7.49. The van der Waals surface area contributed by atoms with Crippen molar-refractivity contribution in [3.63, 3.8) is 0 Å². The molecule has 5 rings (SSSR count). The average Bonchev–Trinajstić information content (AvgIpc) is 3.54. The first-order chi connectivity index (χ1) is 18.1. The summed E-state index contributed by atoms with van der Waals surface area (Å²) in [4.78, 5) is 33.9. The molecular formula is C28H23ClN4O3S. The summed E-state index contributed by atoms with van der Waals surface area (Å²) < 4.78 is 5.60. The van der Waals surface area contributed by atoms with E-state index in [4.69, 9.17) is 16.3 Å². The molecular weight excluding hydrogens is 508 g/mol. The molecule has 1 unspecified atom stereocenters. The molecule has 2 aromatic heterocycles. The van der Waals surface area contributed by atoms with Gasteiger partial charge in [0.1, 0.15) is 12.6 Å². The Morgan fingerprint density at radius 2 is 1.76 bits per heavy atom. The Bertz CT molecular complexity index is 1530. The van der Waals surface area contributed by atoms with Crippen molar-refractivity contribution in [2.45, 2.75) is 19.1 Å². The van der Waals surface area contributed by atoms with Crippen LogP contribution in [-0.4, -0.2) is 27.9 Å². The fourth-order valence-corrected chi connectivity index (χ4v) is 4.85. The first kappa shape index (κ1) is 24.5. The summed E-state index contributed by atoms with van der Waals surface area (Å²) in [6.45, 7) is -0.0157. The summed E-state index contributed by atoms with van der Waals surface area (Å²) in [5.74, 6) is -1.01. The fourth-order valence-electron chi connectivity index (χ4n) is 3.92. The number of H-pyrrole nitrogens is 1. The van der Waals surface area contributed by atoms with Crippen molar-refractivity contribution in [2.24, 2.45) is 0 Å². The molecule has 0 saturated heterocycles. The molecule has 9 heteroatoms. The van der Waals surface area contributed by atoms with Gasteiger partial charge in [0.25, 0.3) is 5.91 Å². The zero-order chi connectivity index (χ0) is 25.6. The van der Waals surface area contributed by atoms with Gasteiger partial charge in [0.2, 0.25) is 0 Å². The third-order valence-corrected chi connectivity index (χ3v) is 6.88. The number of aromatic amines is 1. The molecule has 3 N–H and O–H groups in total. The quantitative estimate of drug-likeness (QED) is 0.200. The minimum absolute atomic E-state index is 0.0157. The Morgan fingerprint density at radius 3 is 2.59 bits per heavy atom. The van der Waals surface area contributed by atoms with Crippen LogP contribution < -0.4 is 10.6 Å². The maximum absolute atomic E-state index is 13.2. The number of halogens is 1. The number of amides is 1. The molecule has 2 heterocycles. The average molecular weight is 531 g/mol. The van der Waals surface area contributed by atoms with Gasteiger partial charge in [0.05, 0.1) is 16.3 Å². The minimum Gasteiger partial charge on any atom is -0.458 e. The summed E-state index contributed by atoms with van der Waals surface area (Å²) >= 11 is 7.63. The van der Waals surface area contributed by atoms with Crippen LogP contribution in [-0.2, 0) is 22.6 Å². The molecule has 0 aliphatic carbocycles. The topological polar surface area (TPSA) is 96.1 Å². The molecule has 0 saturated carbocycles. The second-order valence-electron chi connectivity index (χ2n) is 8.31. The Labute approximate surface area is 222 Å². The lowest BCUT2D eigenvalue weighted by atomic mass is 10.0. The van der Waals surface area contributed by atoms with Crippen molar-refractivity contribution in [3.05, 3.63) is 112 Å². The third-order valence-electron chi connectivity index (χ3n) is 5.75. The molecule has 5 aromatic rings. The predicted octanol–water partition coefficient (Wildman–Crippen LogP) is 6.11. The van der Waals surface area contributed by atoms with Crippen LogP contribution in [0, 0.1) is 0 Å². The number of hydrogen-bond donors (Lipinski definition) is 3. The number of carbonyl (C=O) groups is 2. The van der Waals surface area contributed by atoms with E-state index in [9.17, 15) is 9.59 Å². The highest BCUT2D eigenvalue weighted by Gasteiger charge is 2.26. The lowest BCUT2D eigenvalue weighted by Gasteiger charge is -2.18. The number of nitrogens with one attached hydrogen (secondary N) is 3. The zero-order valence-corrected chi connectivity index (χ0v) is 21.2. The van der Waals surface area contributed by atoms with Crippen molar-refractivity contribution < 1.29 is 14.3 Å². The van der Waals surface area contributed by atoms with E-state index in [-0.39, 0.29) is 18.6 Å². The normalized spacial score (nSPS) is 11.7. The summed E-state index contributed by atoms with van der Waals surface area (Å²) in [5.41, 5.74) is 3.65. The Hall–Kier alpha value is -4.14. The Balaban J connectivity index is 1.30. The number of para-hydroxylation sites is 2. The summed E-state index contributed by atoms with van der Waals surface area (Å²) in [6, 6.07) is 23.3. The molecule has 1 atom stereocenters. The number of thiazole rings is 1. The molecule has 7 nitrogen and oxygen atoms in total. The number of benzene rings is 3. The van der Waals surface area contributed by atoms with Crippen LogP contribution in [0.1, 0.15) is 21.6 Å². The van der Waals surface area contributed by atoms with E-state index in [1.807, 2.05) is 66.2 Å². The number of rotatable bonds is 9. The highest BCUT2D eigenvalue weighted by Crippen LogP contribution is 2.23. The standard InChI is InChI=1S/C28H23ClN4O3S/c29-23-12-6-4-11-22(23)26(34)33-25(14-18-15-30-24-13-7-5-10-21(18)24)27(35)36-16-20-17-37-28(32-20)31-19-8-2-1-3-9-19/h1-13,15,17,25,30H,14,16H2,(H,31,32)(H,33,34). The number of anilines is 2. The molecule has 0 aliphatic heterocycles.